The van der Waals surface area contributed by atoms with Crippen molar-refractivity contribution in [3.05, 3.63) is 146 Å². The fraction of sp³-hybridized carbons (Fsp3) is 0.118. The third kappa shape index (κ3) is 5.14. The summed E-state index contributed by atoms with van der Waals surface area (Å²) in [5, 5.41) is 11.6. The molecule has 1 N–H and O–H groups in total. The Morgan fingerprint density at radius 1 is 0.846 bits per heavy atom. The molecule has 4 nitrogen and oxygen atoms in total. The molecule has 0 atom stereocenters. The molecule has 6 rings (SSSR count). The van der Waals surface area contributed by atoms with Crippen LogP contribution in [0.5, 0.6) is 5.88 Å². The summed E-state index contributed by atoms with van der Waals surface area (Å²) >= 11 is 1.51. The summed E-state index contributed by atoms with van der Waals surface area (Å²) in [5.41, 5.74) is 9.65. The zero-order valence-electron chi connectivity index (χ0n) is 22.0. The van der Waals surface area contributed by atoms with Crippen LogP contribution < -0.4 is 4.80 Å². The molecular formula is C34H29N3OS. The third-order valence-corrected chi connectivity index (χ3v) is 7.92. The van der Waals surface area contributed by atoms with E-state index in [0.29, 0.717) is 13.1 Å². The van der Waals surface area contributed by atoms with Gasteiger partial charge in [0.05, 0.1) is 29.4 Å². The normalized spacial score (nSPS) is 14.1. The van der Waals surface area contributed by atoms with Gasteiger partial charge in [0.2, 0.25) is 5.88 Å². The molecule has 0 spiro atoms. The molecule has 0 saturated carbocycles. The summed E-state index contributed by atoms with van der Waals surface area (Å²) in [4.78, 5) is 11.6. The topological polar surface area (TPSA) is 49.9 Å². The molecule has 39 heavy (non-hydrogen) atoms. The zero-order chi connectivity index (χ0) is 26.8. The van der Waals surface area contributed by atoms with Gasteiger partial charge in [-0.3, -0.25) is 9.56 Å². The average molecular weight is 528 g/mol. The van der Waals surface area contributed by atoms with Gasteiger partial charge in [0, 0.05) is 16.7 Å². The molecule has 5 heteroatoms. The number of aryl methyl sites for hydroxylation is 2. The molecule has 4 aromatic carbocycles. The van der Waals surface area contributed by atoms with Crippen LogP contribution in [-0.2, 0) is 13.1 Å². The number of hydrogen-bond donors (Lipinski definition) is 1. The molecule has 1 aromatic heterocycles. The highest BCUT2D eigenvalue weighted by molar-refractivity contribution is 7.10. The van der Waals surface area contributed by atoms with Gasteiger partial charge in [0.25, 0.3) is 0 Å². The lowest BCUT2D eigenvalue weighted by Crippen LogP contribution is -2.15. The number of aromatic hydroxyl groups is 1. The van der Waals surface area contributed by atoms with Crippen LogP contribution in [0.2, 0.25) is 0 Å². The van der Waals surface area contributed by atoms with Crippen LogP contribution in [0.1, 0.15) is 38.3 Å². The lowest BCUT2D eigenvalue weighted by Gasteiger charge is -2.08. The second-order valence-electron chi connectivity index (χ2n) is 9.81. The minimum atomic E-state index is 0.216. The van der Waals surface area contributed by atoms with Crippen molar-refractivity contribution >= 4 is 34.4 Å². The van der Waals surface area contributed by atoms with E-state index in [9.17, 15) is 5.11 Å². The van der Waals surface area contributed by atoms with E-state index in [1.807, 2.05) is 59.2 Å². The lowest BCUT2D eigenvalue weighted by molar-refractivity contribution is 0.419. The maximum absolute atomic E-state index is 11.6. The van der Waals surface area contributed by atoms with E-state index in [1.54, 1.807) is 0 Å². The largest absolute Gasteiger partial charge is 0.493 e. The maximum atomic E-state index is 11.6. The van der Waals surface area contributed by atoms with Gasteiger partial charge in [-0.2, -0.15) is 0 Å². The Kier molecular flexibility index (Phi) is 6.82. The number of benzene rings is 4. The summed E-state index contributed by atoms with van der Waals surface area (Å²) in [6.07, 6.45) is 2.08. The number of fused-ring (bicyclic) bond motifs is 1. The summed E-state index contributed by atoms with van der Waals surface area (Å²) in [5.74, 6) is 0.216. The van der Waals surface area contributed by atoms with E-state index < -0.39 is 0 Å². The minimum absolute atomic E-state index is 0.216. The molecule has 5 aromatic rings. The van der Waals surface area contributed by atoms with Crippen molar-refractivity contribution < 1.29 is 5.11 Å². The van der Waals surface area contributed by atoms with Crippen molar-refractivity contribution in [3.63, 3.8) is 0 Å². The zero-order valence-corrected chi connectivity index (χ0v) is 22.8. The Labute approximate surface area is 232 Å². The van der Waals surface area contributed by atoms with E-state index in [0.717, 1.165) is 54.5 Å². The van der Waals surface area contributed by atoms with Crippen LogP contribution in [0.4, 0.5) is 5.69 Å². The SMILES string of the molecule is Cc1cc(C)c2c(c1)C(=Cc1sc(=NCc3ccccc3)n(Cc3ccccc3)c1O)C(c1ccccc1)=N2. The highest BCUT2D eigenvalue weighted by Crippen LogP contribution is 2.42. The fourth-order valence-electron chi connectivity index (χ4n) is 4.99. The number of aliphatic imine (C=N–C) groups is 1. The van der Waals surface area contributed by atoms with E-state index >= 15 is 0 Å². The van der Waals surface area contributed by atoms with Gasteiger partial charge >= 0.3 is 0 Å². The molecule has 2 heterocycles. The lowest BCUT2D eigenvalue weighted by atomic mass is 9.95. The number of aromatic nitrogens is 1. The molecule has 0 fully saturated rings. The maximum Gasteiger partial charge on any atom is 0.211 e. The standard InChI is InChI=1S/C34H29N3OS/c1-23-18-24(2)31-28(19-23)29(32(36-31)27-16-10-5-11-17-27)20-30-33(38)37(22-26-14-8-4-9-15-26)34(39-30)35-21-25-12-6-3-7-13-25/h3-20,38H,21-22H2,1-2H3. The fourth-order valence-corrected chi connectivity index (χ4v) is 5.96. The molecule has 192 valence electrons. The van der Waals surface area contributed by atoms with Gasteiger partial charge in [-0.1, -0.05) is 114 Å². The van der Waals surface area contributed by atoms with Crippen molar-refractivity contribution in [2.45, 2.75) is 26.9 Å². The van der Waals surface area contributed by atoms with Crippen molar-refractivity contribution in [2.75, 3.05) is 0 Å². The molecule has 0 unspecified atom stereocenters. The van der Waals surface area contributed by atoms with Crippen LogP contribution in [0, 0.1) is 13.8 Å². The Morgan fingerprint density at radius 3 is 2.18 bits per heavy atom. The molecule has 0 amide bonds. The molecule has 0 bridgehead atoms. The van der Waals surface area contributed by atoms with Crippen LogP contribution >= 0.6 is 11.3 Å². The average Bonchev–Trinajstić information content (AvgIpc) is 3.47. The van der Waals surface area contributed by atoms with Gasteiger partial charge in [-0.05, 0) is 42.7 Å². The minimum Gasteiger partial charge on any atom is -0.493 e. The van der Waals surface area contributed by atoms with E-state index in [1.165, 1.54) is 16.9 Å². The summed E-state index contributed by atoms with van der Waals surface area (Å²) in [7, 11) is 0. The highest BCUT2D eigenvalue weighted by atomic mass is 32.1. The van der Waals surface area contributed by atoms with Gasteiger partial charge < -0.3 is 5.11 Å². The second-order valence-corrected chi connectivity index (χ2v) is 10.8. The number of thiazole rings is 1. The number of nitrogens with zero attached hydrogens (tertiary/aromatic N) is 3. The summed E-state index contributed by atoms with van der Waals surface area (Å²) < 4.78 is 1.91. The number of allylic oxidation sites excluding steroid dienone is 1. The molecule has 1 aliphatic heterocycles. The summed E-state index contributed by atoms with van der Waals surface area (Å²) in [6, 6.07) is 35.0. The van der Waals surface area contributed by atoms with Crippen molar-refractivity contribution in [3.8, 4) is 5.88 Å². The Hall–Kier alpha value is -4.48. The molecule has 0 saturated heterocycles. The Balaban J connectivity index is 1.51. The quantitative estimate of drug-likeness (QED) is 0.242. The molecule has 0 aliphatic carbocycles. The first-order valence-electron chi connectivity index (χ1n) is 13.1. The smallest absolute Gasteiger partial charge is 0.211 e. The third-order valence-electron chi connectivity index (χ3n) is 6.87. The van der Waals surface area contributed by atoms with Crippen LogP contribution in [0.25, 0.3) is 11.6 Å². The van der Waals surface area contributed by atoms with E-state index in [-0.39, 0.29) is 5.88 Å². The Morgan fingerprint density at radius 2 is 1.49 bits per heavy atom. The van der Waals surface area contributed by atoms with Gasteiger partial charge in [-0.15, -0.1) is 0 Å². The van der Waals surface area contributed by atoms with Crippen LogP contribution in [-0.4, -0.2) is 15.4 Å². The van der Waals surface area contributed by atoms with E-state index in [4.69, 9.17) is 9.98 Å². The monoisotopic (exact) mass is 527 g/mol. The highest BCUT2D eigenvalue weighted by Gasteiger charge is 2.25. The predicted molar refractivity (Wildman–Crippen MR) is 162 cm³/mol. The number of hydrogen-bond acceptors (Lipinski definition) is 4. The van der Waals surface area contributed by atoms with Crippen molar-refractivity contribution in [1.82, 2.24) is 4.57 Å². The van der Waals surface area contributed by atoms with Crippen LogP contribution in [0.3, 0.4) is 0 Å². The molecular weight excluding hydrogens is 498 g/mol. The van der Waals surface area contributed by atoms with Gasteiger partial charge in [-0.25, -0.2) is 4.99 Å². The Bertz CT molecular complexity index is 1760. The first-order chi connectivity index (χ1) is 19.1. The van der Waals surface area contributed by atoms with Crippen LogP contribution in [0.15, 0.2) is 113 Å². The van der Waals surface area contributed by atoms with Crippen molar-refractivity contribution in [1.29, 1.82) is 0 Å². The molecule has 1 aliphatic rings. The van der Waals surface area contributed by atoms with Gasteiger partial charge in [0.1, 0.15) is 0 Å². The second kappa shape index (κ2) is 10.7. The first kappa shape index (κ1) is 24.8. The first-order valence-corrected chi connectivity index (χ1v) is 13.9. The number of rotatable bonds is 6. The summed E-state index contributed by atoms with van der Waals surface area (Å²) in [6.45, 7) is 5.30. The van der Waals surface area contributed by atoms with E-state index in [2.05, 4.69) is 68.5 Å². The van der Waals surface area contributed by atoms with Crippen molar-refractivity contribution in [2.24, 2.45) is 9.98 Å². The molecule has 0 radical (unpaired) electrons. The predicted octanol–water partition coefficient (Wildman–Crippen LogP) is 7.70. The van der Waals surface area contributed by atoms with Gasteiger partial charge in [0.15, 0.2) is 4.80 Å².